The normalized spacial score (nSPS) is 12.7. The summed E-state index contributed by atoms with van der Waals surface area (Å²) in [6.07, 6.45) is 0. The summed E-state index contributed by atoms with van der Waals surface area (Å²) in [6.45, 7) is 0. The Kier molecular flexibility index (Phi) is 6.94. The highest BCUT2D eigenvalue weighted by Gasteiger charge is 2.21. The first kappa shape index (κ1) is 28.1. The number of hydrogen-bond donors (Lipinski definition) is 3. The van der Waals surface area contributed by atoms with Crippen LogP contribution in [-0.4, -0.2) is 25.9 Å². The predicted molar refractivity (Wildman–Crippen MR) is 164 cm³/mol. The first-order chi connectivity index (χ1) is 20.5. The molecule has 0 heterocycles. The van der Waals surface area contributed by atoms with Crippen LogP contribution in [0.5, 0.6) is 0 Å². The van der Waals surface area contributed by atoms with Crippen molar-refractivity contribution < 1.29 is 25.9 Å². The van der Waals surface area contributed by atoms with Gasteiger partial charge in [0.15, 0.2) is 0 Å². The van der Waals surface area contributed by atoms with Crippen molar-refractivity contribution >= 4 is 81.0 Å². The number of fused-ring (bicyclic) bond motifs is 3. The first-order valence-electron chi connectivity index (χ1n) is 12.6. The average Bonchev–Trinajstić information content (AvgIpc) is 2.98. The van der Waals surface area contributed by atoms with Crippen molar-refractivity contribution in [1.82, 2.24) is 0 Å². The van der Waals surface area contributed by atoms with E-state index in [4.69, 9.17) is 5.73 Å². The molecule has 4 N–H and O–H groups in total. The minimum atomic E-state index is -4.79. The molecule has 11 nitrogen and oxygen atoms in total. The molecule has 43 heavy (non-hydrogen) atoms. The van der Waals surface area contributed by atoms with Crippen LogP contribution in [0.1, 0.15) is 0 Å². The van der Waals surface area contributed by atoms with Gasteiger partial charge in [-0.3, -0.25) is 9.11 Å². The maximum absolute atomic E-state index is 12.1. The number of hydrogen-bond acceptors (Lipinski definition) is 9. The summed E-state index contributed by atoms with van der Waals surface area (Å²) in [7, 11) is -9.51. The second-order valence-electron chi connectivity index (χ2n) is 9.51. The van der Waals surface area contributed by atoms with Crippen molar-refractivity contribution in [1.29, 1.82) is 0 Å². The minimum absolute atomic E-state index is 0.0701. The fourth-order valence-electron chi connectivity index (χ4n) is 4.86. The molecule has 0 saturated heterocycles. The molecular weight excluding hydrogens is 590 g/mol. The van der Waals surface area contributed by atoms with Crippen LogP contribution in [0.2, 0.25) is 0 Å². The van der Waals surface area contributed by atoms with E-state index in [0.717, 1.165) is 22.9 Å². The van der Waals surface area contributed by atoms with Gasteiger partial charge in [0.2, 0.25) is 0 Å². The van der Waals surface area contributed by atoms with Gasteiger partial charge >= 0.3 is 0 Å². The van der Waals surface area contributed by atoms with Crippen LogP contribution in [0, 0.1) is 0 Å². The highest BCUT2D eigenvalue weighted by molar-refractivity contribution is 7.86. The Morgan fingerprint density at radius 2 is 0.930 bits per heavy atom. The van der Waals surface area contributed by atoms with Gasteiger partial charge in [0.1, 0.15) is 9.79 Å². The van der Waals surface area contributed by atoms with E-state index in [-0.39, 0.29) is 16.5 Å². The number of benzene rings is 6. The van der Waals surface area contributed by atoms with Gasteiger partial charge in [-0.1, -0.05) is 60.7 Å². The zero-order valence-electron chi connectivity index (χ0n) is 22.0. The summed E-state index contributed by atoms with van der Waals surface area (Å²) in [4.78, 5) is -1.12. The van der Waals surface area contributed by atoms with Gasteiger partial charge in [-0.05, 0) is 42.5 Å². The number of nitrogen functional groups attached to an aromatic ring is 1. The van der Waals surface area contributed by atoms with E-state index in [1.54, 1.807) is 30.3 Å². The number of nitrogens with two attached hydrogens (primary N) is 1. The molecule has 6 rings (SSSR count). The Labute approximate surface area is 245 Å². The highest BCUT2D eigenvalue weighted by Crippen LogP contribution is 2.38. The summed E-state index contributed by atoms with van der Waals surface area (Å²) in [5, 5.41) is 20.3. The number of nitrogens with zero attached hydrogens (tertiary/aromatic N) is 4. The molecule has 13 heteroatoms. The fraction of sp³-hybridized carbons (Fsp3) is 0. The summed E-state index contributed by atoms with van der Waals surface area (Å²) in [6, 6.07) is 27.9. The lowest BCUT2D eigenvalue weighted by atomic mass is 10.1. The number of rotatable bonds is 6. The van der Waals surface area contributed by atoms with E-state index in [1.165, 1.54) is 18.2 Å². The second kappa shape index (κ2) is 10.6. The topological polar surface area (TPSA) is 184 Å². The van der Waals surface area contributed by atoms with Gasteiger partial charge in [0.25, 0.3) is 20.2 Å². The Balaban J connectivity index is 1.44. The first-order valence-corrected chi connectivity index (χ1v) is 15.5. The minimum Gasteiger partial charge on any atom is -0.398 e. The fourth-order valence-corrected chi connectivity index (χ4v) is 6.28. The van der Waals surface area contributed by atoms with Crippen LogP contribution in [0.15, 0.2) is 133 Å². The van der Waals surface area contributed by atoms with E-state index in [9.17, 15) is 25.9 Å². The smallest absolute Gasteiger partial charge is 0.295 e. The van der Waals surface area contributed by atoms with Gasteiger partial charge in [-0.15, -0.1) is 15.3 Å². The van der Waals surface area contributed by atoms with Gasteiger partial charge in [0, 0.05) is 38.0 Å². The molecule has 0 saturated carbocycles. The molecule has 0 fully saturated rings. The zero-order valence-corrected chi connectivity index (χ0v) is 23.7. The molecule has 6 aromatic carbocycles. The third-order valence-electron chi connectivity index (χ3n) is 6.81. The van der Waals surface area contributed by atoms with E-state index in [1.807, 2.05) is 42.5 Å². The second-order valence-corrected chi connectivity index (χ2v) is 12.3. The molecule has 0 amide bonds. The van der Waals surface area contributed by atoms with Gasteiger partial charge in [0.05, 0.1) is 22.7 Å². The van der Waals surface area contributed by atoms with Gasteiger partial charge in [-0.2, -0.15) is 21.9 Å². The largest absolute Gasteiger partial charge is 0.398 e. The quantitative estimate of drug-likeness (QED) is 0.0965. The summed E-state index contributed by atoms with van der Waals surface area (Å²) >= 11 is 0. The molecule has 0 bridgehead atoms. The van der Waals surface area contributed by atoms with Gasteiger partial charge < -0.3 is 5.73 Å². The highest BCUT2D eigenvalue weighted by atomic mass is 32.2. The van der Waals surface area contributed by atoms with E-state index in [0.29, 0.717) is 33.5 Å². The Morgan fingerprint density at radius 1 is 0.465 bits per heavy atom. The van der Waals surface area contributed by atoms with Crippen molar-refractivity contribution in [3.8, 4) is 0 Å². The lowest BCUT2D eigenvalue weighted by Crippen LogP contribution is -2.03. The standard InChI is InChI=1S/C30H21N5O6S2/c31-25-12-13-26(20-7-2-1-6-19(20)25)34-35-28-15-14-27(21-8-3-4-9-22(21)28)33-32-18-16-24-23(30(17-18)43(39,40)41)10-5-11-29(24)42(36,37)38/h1-17H,31H2,(H,36,37,38)(H,39,40,41). The Morgan fingerprint density at radius 3 is 1.49 bits per heavy atom. The van der Waals surface area contributed by atoms with Crippen LogP contribution in [0.4, 0.5) is 28.4 Å². The molecule has 6 aromatic rings. The SMILES string of the molecule is Nc1ccc(N=Nc2ccc(N=Nc3cc(S(=O)(=O)O)c4cccc(S(=O)(=O)O)c4c3)c3ccccc23)c2ccccc12. The van der Waals surface area contributed by atoms with Crippen molar-refractivity contribution in [3.05, 3.63) is 103 Å². The van der Waals surface area contributed by atoms with Crippen LogP contribution in [-0.2, 0) is 20.2 Å². The third kappa shape index (κ3) is 5.45. The molecule has 0 aliphatic carbocycles. The van der Waals surface area contributed by atoms with Gasteiger partial charge in [-0.25, -0.2) is 0 Å². The van der Waals surface area contributed by atoms with Crippen LogP contribution in [0.25, 0.3) is 32.3 Å². The van der Waals surface area contributed by atoms with E-state index >= 15 is 0 Å². The molecule has 214 valence electrons. The molecular formula is C30H21N5O6S2. The molecule has 0 atom stereocenters. The Hall–Kier alpha value is -5.08. The van der Waals surface area contributed by atoms with Crippen molar-refractivity contribution in [2.75, 3.05) is 5.73 Å². The average molecular weight is 612 g/mol. The molecule has 0 aliphatic heterocycles. The number of azo groups is 2. The summed E-state index contributed by atoms with van der Waals surface area (Å²) in [5.74, 6) is 0. The van der Waals surface area contributed by atoms with Crippen molar-refractivity contribution in [2.45, 2.75) is 9.79 Å². The number of anilines is 1. The Bertz CT molecular complexity index is 2370. The van der Waals surface area contributed by atoms with Crippen molar-refractivity contribution in [3.63, 3.8) is 0 Å². The van der Waals surface area contributed by atoms with E-state index in [2.05, 4.69) is 20.5 Å². The molecule has 0 aromatic heterocycles. The molecule has 0 aliphatic rings. The van der Waals surface area contributed by atoms with Crippen LogP contribution >= 0.6 is 0 Å². The van der Waals surface area contributed by atoms with Crippen LogP contribution in [0.3, 0.4) is 0 Å². The monoisotopic (exact) mass is 611 g/mol. The summed E-state index contributed by atoms with van der Waals surface area (Å²) < 4.78 is 67.7. The summed E-state index contributed by atoms with van der Waals surface area (Å²) in [5.41, 5.74) is 8.29. The molecule has 0 radical (unpaired) electrons. The lowest BCUT2D eigenvalue weighted by molar-refractivity contribution is 0.481. The van der Waals surface area contributed by atoms with E-state index < -0.39 is 30.0 Å². The maximum atomic E-state index is 12.1. The third-order valence-corrected chi connectivity index (χ3v) is 8.62. The van der Waals surface area contributed by atoms with Crippen molar-refractivity contribution in [2.24, 2.45) is 20.5 Å². The maximum Gasteiger partial charge on any atom is 0.295 e. The zero-order chi connectivity index (χ0) is 30.4. The molecule has 0 spiro atoms. The predicted octanol–water partition coefficient (Wildman–Crippen LogP) is 8.05. The molecule has 0 unspecified atom stereocenters. The lowest BCUT2D eigenvalue weighted by Gasteiger charge is -2.09. The van der Waals surface area contributed by atoms with Crippen LogP contribution < -0.4 is 5.73 Å².